The summed E-state index contributed by atoms with van der Waals surface area (Å²) in [6.07, 6.45) is 3.68. The van der Waals surface area contributed by atoms with Crippen LogP contribution in [-0.4, -0.2) is 41.6 Å². The minimum atomic E-state index is -0.0503. The highest BCUT2D eigenvalue weighted by Crippen LogP contribution is 2.34. The molecule has 1 unspecified atom stereocenters. The zero-order valence-corrected chi connectivity index (χ0v) is 15.8. The van der Waals surface area contributed by atoms with Gasteiger partial charge in [0.25, 0.3) is 0 Å². The molecule has 0 saturated carbocycles. The Morgan fingerprint density at radius 2 is 2.07 bits per heavy atom. The summed E-state index contributed by atoms with van der Waals surface area (Å²) < 4.78 is 5.30. The van der Waals surface area contributed by atoms with E-state index in [9.17, 15) is 5.11 Å². The van der Waals surface area contributed by atoms with Crippen molar-refractivity contribution >= 4 is 11.4 Å². The molecule has 1 aliphatic rings. The summed E-state index contributed by atoms with van der Waals surface area (Å²) in [5.74, 6) is 0.841. The average molecular weight is 376 g/mol. The molecule has 1 aromatic heterocycles. The van der Waals surface area contributed by atoms with Gasteiger partial charge in [0.1, 0.15) is 5.75 Å². The predicted octanol–water partition coefficient (Wildman–Crippen LogP) is 3.51. The van der Waals surface area contributed by atoms with E-state index in [1.54, 1.807) is 13.3 Å². The smallest absolute Gasteiger partial charge is 0.120 e. The predicted molar refractivity (Wildman–Crippen MR) is 111 cm³/mol. The van der Waals surface area contributed by atoms with Crippen LogP contribution in [0.3, 0.4) is 0 Å². The maximum absolute atomic E-state index is 9.92. The first kappa shape index (κ1) is 18.1. The molecule has 0 radical (unpaired) electrons. The van der Waals surface area contributed by atoms with Crippen LogP contribution in [-0.2, 0) is 0 Å². The summed E-state index contributed by atoms with van der Waals surface area (Å²) in [6.45, 7) is 5.11. The van der Waals surface area contributed by atoms with Crippen molar-refractivity contribution in [3.05, 3.63) is 73.2 Å². The number of hydrogen-bond donors (Lipinski definition) is 3. The molecule has 144 valence electrons. The first-order valence-electron chi connectivity index (χ1n) is 9.26. The zero-order valence-electron chi connectivity index (χ0n) is 15.8. The molecule has 1 fully saturated rings. The van der Waals surface area contributed by atoms with Crippen LogP contribution in [0.2, 0.25) is 0 Å². The maximum atomic E-state index is 9.92. The lowest BCUT2D eigenvalue weighted by molar-refractivity contribution is 0.234. The molecule has 0 aliphatic carbocycles. The molecule has 28 heavy (non-hydrogen) atoms. The molecule has 2 aromatic carbocycles. The fourth-order valence-electron chi connectivity index (χ4n) is 3.67. The lowest BCUT2D eigenvalue weighted by Crippen LogP contribution is -2.28. The normalized spacial score (nSPS) is 19.1. The highest BCUT2D eigenvalue weighted by Gasteiger charge is 2.36. The molecule has 1 aliphatic heterocycles. The van der Waals surface area contributed by atoms with Gasteiger partial charge in [-0.05, 0) is 29.8 Å². The molecule has 0 bridgehead atoms. The number of nitrogens with one attached hydrogen (secondary N) is 2. The molecule has 1 saturated heterocycles. The quantitative estimate of drug-likeness (QED) is 0.614. The number of anilines is 2. The number of ether oxygens (including phenoxy) is 1. The third-order valence-electron chi connectivity index (χ3n) is 5.23. The number of H-pyrrole nitrogens is 1. The minimum absolute atomic E-state index is 0.0484. The van der Waals surface area contributed by atoms with Crippen molar-refractivity contribution in [3.8, 4) is 16.9 Å². The zero-order chi connectivity index (χ0) is 19.5. The number of aliphatic hydroxyl groups excluding tert-OH is 1. The molecule has 3 N–H and O–H groups in total. The summed E-state index contributed by atoms with van der Waals surface area (Å²) >= 11 is 0. The molecule has 2 heterocycles. The van der Waals surface area contributed by atoms with E-state index in [0.717, 1.165) is 33.9 Å². The van der Waals surface area contributed by atoms with Crippen LogP contribution in [0.1, 0.15) is 0 Å². The Labute approximate surface area is 164 Å². The van der Waals surface area contributed by atoms with Crippen molar-refractivity contribution in [2.45, 2.75) is 6.04 Å². The number of aromatic amines is 1. The van der Waals surface area contributed by atoms with E-state index in [-0.39, 0.29) is 18.6 Å². The topological polar surface area (TPSA) is 73.4 Å². The van der Waals surface area contributed by atoms with E-state index < -0.39 is 0 Å². The number of hydrogen-bond acceptors (Lipinski definition) is 5. The molecular formula is C22H24N4O2. The number of benzene rings is 2. The van der Waals surface area contributed by atoms with Crippen molar-refractivity contribution in [2.75, 3.05) is 30.5 Å². The Morgan fingerprint density at radius 1 is 1.25 bits per heavy atom. The van der Waals surface area contributed by atoms with Gasteiger partial charge in [0, 0.05) is 54.0 Å². The first-order valence-corrected chi connectivity index (χ1v) is 9.26. The third-order valence-corrected chi connectivity index (χ3v) is 5.23. The van der Waals surface area contributed by atoms with Gasteiger partial charge in [-0.25, -0.2) is 0 Å². The molecule has 6 nitrogen and oxygen atoms in total. The third kappa shape index (κ3) is 3.46. The van der Waals surface area contributed by atoms with E-state index in [1.165, 1.54) is 0 Å². The van der Waals surface area contributed by atoms with Gasteiger partial charge in [-0.2, -0.15) is 5.10 Å². The van der Waals surface area contributed by atoms with Crippen molar-refractivity contribution < 1.29 is 9.84 Å². The van der Waals surface area contributed by atoms with Crippen LogP contribution in [0.4, 0.5) is 11.4 Å². The van der Waals surface area contributed by atoms with Gasteiger partial charge in [-0.1, -0.05) is 24.8 Å². The SMILES string of the molecule is C=C1C(Nc2cccc(OC)c2)[C@H](CO)CN1c1ccc(-c2cn[nH]c2)cc1. The highest BCUT2D eigenvalue weighted by molar-refractivity contribution is 5.67. The fraction of sp³-hybridized carbons (Fsp3) is 0.227. The molecule has 3 aromatic rings. The van der Waals surface area contributed by atoms with Crippen LogP contribution in [0.25, 0.3) is 11.1 Å². The van der Waals surface area contributed by atoms with E-state index in [1.807, 2.05) is 30.5 Å². The number of aliphatic hydroxyl groups is 1. The molecule has 2 atom stereocenters. The second-order valence-corrected chi connectivity index (χ2v) is 6.93. The summed E-state index contributed by atoms with van der Waals surface area (Å²) in [4.78, 5) is 2.16. The van der Waals surface area contributed by atoms with Gasteiger partial charge in [-0.3, -0.25) is 5.10 Å². The van der Waals surface area contributed by atoms with Crippen molar-refractivity contribution in [1.82, 2.24) is 10.2 Å². The Bertz CT molecular complexity index is 937. The first-order chi connectivity index (χ1) is 13.7. The summed E-state index contributed by atoms with van der Waals surface area (Å²) in [5.41, 5.74) is 5.11. The van der Waals surface area contributed by atoms with E-state index >= 15 is 0 Å². The van der Waals surface area contributed by atoms with Gasteiger partial charge >= 0.3 is 0 Å². The van der Waals surface area contributed by atoms with Crippen molar-refractivity contribution in [2.24, 2.45) is 5.92 Å². The summed E-state index contributed by atoms with van der Waals surface area (Å²) in [7, 11) is 1.65. The lowest BCUT2D eigenvalue weighted by atomic mass is 10.0. The Hall–Kier alpha value is -3.25. The van der Waals surface area contributed by atoms with E-state index in [0.29, 0.717) is 6.54 Å². The van der Waals surface area contributed by atoms with Crippen LogP contribution >= 0.6 is 0 Å². The minimum Gasteiger partial charge on any atom is -0.497 e. The Kier molecular flexibility index (Phi) is 5.04. The van der Waals surface area contributed by atoms with E-state index in [4.69, 9.17) is 4.74 Å². The van der Waals surface area contributed by atoms with Gasteiger partial charge in [0.15, 0.2) is 0 Å². The lowest BCUT2D eigenvalue weighted by Gasteiger charge is -2.23. The average Bonchev–Trinajstić information content (AvgIpc) is 3.38. The Balaban J connectivity index is 1.54. The largest absolute Gasteiger partial charge is 0.497 e. The molecule has 0 amide bonds. The van der Waals surface area contributed by atoms with Gasteiger partial charge in [0.2, 0.25) is 0 Å². The van der Waals surface area contributed by atoms with Crippen LogP contribution < -0.4 is 15.0 Å². The van der Waals surface area contributed by atoms with Crippen molar-refractivity contribution in [1.29, 1.82) is 0 Å². The monoisotopic (exact) mass is 376 g/mol. The second-order valence-electron chi connectivity index (χ2n) is 6.93. The standard InChI is InChI=1S/C22H24N4O2/c1-15-22(25-19-4-3-5-21(10-19)28-2)18(14-27)13-26(15)20-8-6-16(7-9-20)17-11-23-24-12-17/h3-12,18,22,25,27H,1,13-14H2,2H3,(H,23,24)/t18-,22?/m0/s1. The van der Waals surface area contributed by atoms with Crippen molar-refractivity contribution in [3.63, 3.8) is 0 Å². The number of nitrogens with zero attached hydrogens (tertiary/aromatic N) is 2. The summed E-state index contributed by atoms with van der Waals surface area (Å²) in [5, 5.41) is 20.3. The maximum Gasteiger partial charge on any atom is 0.120 e. The molecule has 0 spiro atoms. The fourth-order valence-corrected chi connectivity index (χ4v) is 3.67. The second kappa shape index (κ2) is 7.78. The number of rotatable bonds is 6. The van der Waals surface area contributed by atoms with Gasteiger partial charge in [-0.15, -0.1) is 0 Å². The molecule has 6 heteroatoms. The van der Waals surface area contributed by atoms with Crippen LogP contribution in [0, 0.1) is 5.92 Å². The summed E-state index contributed by atoms with van der Waals surface area (Å²) in [6, 6.07) is 16.0. The van der Waals surface area contributed by atoms with Gasteiger partial charge in [0.05, 0.1) is 19.3 Å². The van der Waals surface area contributed by atoms with E-state index in [2.05, 4.69) is 51.3 Å². The van der Waals surface area contributed by atoms with Gasteiger partial charge < -0.3 is 20.1 Å². The Morgan fingerprint density at radius 3 is 2.75 bits per heavy atom. The molecule has 4 rings (SSSR count). The highest BCUT2D eigenvalue weighted by atomic mass is 16.5. The van der Waals surface area contributed by atoms with Crippen LogP contribution in [0.5, 0.6) is 5.75 Å². The number of aromatic nitrogens is 2. The molecular weight excluding hydrogens is 352 g/mol. The van der Waals surface area contributed by atoms with Crippen LogP contribution in [0.15, 0.2) is 73.2 Å². The number of methoxy groups -OCH3 is 1.